The lowest BCUT2D eigenvalue weighted by Crippen LogP contribution is -3.00. The summed E-state index contributed by atoms with van der Waals surface area (Å²) in [5.74, 6) is 0.459. The van der Waals surface area contributed by atoms with E-state index < -0.39 is 0 Å². The summed E-state index contributed by atoms with van der Waals surface area (Å²) in [6, 6.07) is 7.46. The zero-order valence-corrected chi connectivity index (χ0v) is 11.7. The Kier molecular flexibility index (Phi) is 5.03. The smallest absolute Gasteiger partial charge is 0.374 e. The van der Waals surface area contributed by atoms with Gasteiger partial charge < -0.3 is 26.5 Å². The first-order valence-corrected chi connectivity index (χ1v) is 5.14. The molecular weight excluding hydrogens is 300 g/mol. The number of carbonyl (C=O) groups excluding carboxylic acids is 1. The molecule has 0 saturated carbocycles. The Morgan fingerprint density at radius 1 is 1.33 bits per heavy atom. The van der Waals surface area contributed by atoms with Crippen molar-refractivity contribution in [3.63, 3.8) is 0 Å². The second kappa shape index (κ2) is 6.30. The standard InChI is InChI=1S/C12H13N2O3.BrH/c1-16-10-3-4-11-9(7-10)5-6-14(13-11)8-12(15)17-2;/h3-7H,8H2,1-2H3;1H/q+1;/p-1. The molecule has 0 aliphatic heterocycles. The minimum atomic E-state index is -0.324. The fourth-order valence-corrected chi connectivity index (χ4v) is 1.51. The van der Waals surface area contributed by atoms with Gasteiger partial charge in [-0.25, -0.2) is 4.79 Å². The number of esters is 1. The first kappa shape index (κ1) is 14.4. The number of aromatic nitrogens is 2. The van der Waals surface area contributed by atoms with Crippen LogP contribution in [0.2, 0.25) is 0 Å². The Balaban J connectivity index is 0.00000162. The van der Waals surface area contributed by atoms with E-state index in [-0.39, 0.29) is 29.5 Å². The average Bonchev–Trinajstić information content (AvgIpc) is 2.38. The third kappa shape index (κ3) is 3.16. The normalized spacial score (nSPS) is 9.67. The van der Waals surface area contributed by atoms with Crippen molar-refractivity contribution in [3.05, 3.63) is 30.5 Å². The number of fused-ring (bicyclic) bond motifs is 1. The molecule has 2 rings (SSSR count). The number of benzene rings is 1. The molecule has 0 saturated heterocycles. The van der Waals surface area contributed by atoms with E-state index in [9.17, 15) is 4.79 Å². The molecule has 0 amide bonds. The molecule has 1 aromatic heterocycles. The highest BCUT2D eigenvalue weighted by Crippen LogP contribution is 2.17. The van der Waals surface area contributed by atoms with Crippen LogP contribution < -0.4 is 26.4 Å². The van der Waals surface area contributed by atoms with Crippen LogP contribution in [0.15, 0.2) is 30.5 Å². The highest BCUT2D eigenvalue weighted by molar-refractivity contribution is 5.78. The van der Waals surface area contributed by atoms with Crippen molar-refractivity contribution in [3.8, 4) is 5.75 Å². The van der Waals surface area contributed by atoms with Gasteiger partial charge >= 0.3 is 5.97 Å². The summed E-state index contributed by atoms with van der Waals surface area (Å²) in [4.78, 5) is 11.1. The highest BCUT2D eigenvalue weighted by Gasteiger charge is 2.11. The van der Waals surface area contributed by atoms with E-state index in [0.29, 0.717) is 0 Å². The summed E-state index contributed by atoms with van der Waals surface area (Å²) in [5, 5.41) is 5.26. The van der Waals surface area contributed by atoms with Crippen molar-refractivity contribution < 1.29 is 35.9 Å². The molecule has 0 N–H and O–H groups in total. The van der Waals surface area contributed by atoms with Crippen LogP contribution in [0.25, 0.3) is 10.9 Å². The van der Waals surface area contributed by atoms with E-state index in [2.05, 4.69) is 9.84 Å². The van der Waals surface area contributed by atoms with Crippen LogP contribution in [0.5, 0.6) is 5.75 Å². The van der Waals surface area contributed by atoms with Crippen molar-refractivity contribution in [2.45, 2.75) is 6.54 Å². The maximum absolute atomic E-state index is 11.1. The molecular formula is C12H13BrN2O3. The summed E-state index contributed by atoms with van der Waals surface area (Å²) >= 11 is 0. The highest BCUT2D eigenvalue weighted by atomic mass is 79.9. The van der Waals surface area contributed by atoms with Crippen molar-refractivity contribution in [2.24, 2.45) is 0 Å². The number of methoxy groups -OCH3 is 2. The molecule has 0 aliphatic carbocycles. The molecule has 1 aromatic carbocycles. The van der Waals surface area contributed by atoms with Crippen LogP contribution in [-0.2, 0) is 16.1 Å². The van der Waals surface area contributed by atoms with Gasteiger partial charge in [-0.3, -0.25) is 0 Å². The van der Waals surface area contributed by atoms with Crippen LogP contribution in [-0.4, -0.2) is 25.3 Å². The van der Waals surface area contributed by atoms with Crippen LogP contribution in [0.3, 0.4) is 0 Å². The van der Waals surface area contributed by atoms with Gasteiger partial charge in [0.1, 0.15) is 11.3 Å². The number of hydrogen-bond donors (Lipinski definition) is 0. The lowest BCUT2D eigenvalue weighted by molar-refractivity contribution is -0.741. The largest absolute Gasteiger partial charge is 1.00 e. The number of hydrogen-bond acceptors (Lipinski definition) is 4. The molecule has 5 nitrogen and oxygen atoms in total. The number of ether oxygens (including phenoxy) is 2. The second-order valence-corrected chi connectivity index (χ2v) is 3.51. The van der Waals surface area contributed by atoms with Gasteiger partial charge in [-0.05, 0) is 18.2 Å². The lowest BCUT2D eigenvalue weighted by Gasteiger charge is -2.00. The first-order valence-electron chi connectivity index (χ1n) is 5.14. The Bertz CT molecular complexity index is 560. The Morgan fingerprint density at radius 2 is 2.11 bits per heavy atom. The van der Waals surface area contributed by atoms with E-state index in [1.54, 1.807) is 18.0 Å². The zero-order chi connectivity index (χ0) is 12.3. The van der Waals surface area contributed by atoms with Gasteiger partial charge in [-0.15, -0.1) is 0 Å². The van der Waals surface area contributed by atoms with Gasteiger partial charge in [0, 0.05) is 16.6 Å². The summed E-state index contributed by atoms with van der Waals surface area (Å²) in [7, 11) is 2.98. The van der Waals surface area contributed by atoms with Gasteiger partial charge in [-0.1, -0.05) is 4.68 Å². The van der Waals surface area contributed by atoms with Gasteiger partial charge in [-0.2, -0.15) is 0 Å². The minimum absolute atomic E-state index is 0. The maximum Gasteiger partial charge on any atom is 0.374 e. The number of halogens is 1. The van der Waals surface area contributed by atoms with Gasteiger partial charge in [0.25, 0.3) is 6.54 Å². The van der Waals surface area contributed by atoms with Crippen LogP contribution >= 0.6 is 0 Å². The SMILES string of the molecule is COC(=O)C[n+]1ccc2cc(OC)ccc2n1.[Br-]. The van der Waals surface area contributed by atoms with Crippen molar-refractivity contribution in [2.75, 3.05) is 14.2 Å². The Hall–Kier alpha value is -1.69. The zero-order valence-electron chi connectivity index (χ0n) is 10.1. The lowest BCUT2D eigenvalue weighted by atomic mass is 10.2. The fraction of sp³-hybridized carbons (Fsp3) is 0.250. The third-order valence-electron chi connectivity index (χ3n) is 2.42. The monoisotopic (exact) mass is 312 g/mol. The molecule has 1 heterocycles. The summed E-state index contributed by atoms with van der Waals surface area (Å²) < 4.78 is 11.3. The Labute approximate surface area is 115 Å². The van der Waals surface area contributed by atoms with E-state index >= 15 is 0 Å². The summed E-state index contributed by atoms with van der Waals surface area (Å²) in [6.45, 7) is 0.110. The molecule has 0 radical (unpaired) electrons. The van der Waals surface area contributed by atoms with E-state index in [1.165, 1.54) is 7.11 Å². The van der Waals surface area contributed by atoms with Crippen molar-refractivity contribution >= 4 is 16.9 Å². The summed E-state index contributed by atoms with van der Waals surface area (Å²) in [6.07, 6.45) is 1.73. The topological polar surface area (TPSA) is 52.3 Å². The Morgan fingerprint density at radius 3 is 2.78 bits per heavy atom. The first-order chi connectivity index (χ1) is 8.22. The van der Waals surface area contributed by atoms with Gasteiger partial charge in [0.15, 0.2) is 6.20 Å². The fourth-order valence-electron chi connectivity index (χ4n) is 1.51. The minimum Gasteiger partial charge on any atom is -1.00 e. The van der Waals surface area contributed by atoms with Crippen LogP contribution in [0, 0.1) is 0 Å². The molecule has 0 spiro atoms. The van der Waals surface area contributed by atoms with E-state index in [0.717, 1.165) is 16.7 Å². The number of carbonyl (C=O) groups is 1. The molecule has 0 fully saturated rings. The maximum atomic E-state index is 11.1. The molecule has 2 aromatic rings. The van der Waals surface area contributed by atoms with Gasteiger partial charge in [0.2, 0.25) is 0 Å². The average molecular weight is 313 g/mol. The van der Waals surface area contributed by atoms with Crippen molar-refractivity contribution in [1.29, 1.82) is 0 Å². The molecule has 96 valence electrons. The quantitative estimate of drug-likeness (QED) is 0.473. The van der Waals surface area contributed by atoms with Gasteiger partial charge in [0.05, 0.1) is 14.2 Å². The molecule has 0 bridgehead atoms. The predicted octanol–water partition coefficient (Wildman–Crippen LogP) is -2.29. The second-order valence-electron chi connectivity index (χ2n) is 3.51. The molecule has 0 aliphatic rings. The molecule has 0 atom stereocenters. The van der Waals surface area contributed by atoms with E-state index in [1.807, 2.05) is 24.3 Å². The molecule has 6 heteroatoms. The molecule has 0 unspecified atom stereocenters. The third-order valence-corrected chi connectivity index (χ3v) is 2.42. The number of nitrogens with zero attached hydrogens (tertiary/aromatic N) is 2. The van der Waals surface area contributed by atoms with Crippen LogP contribution in [0.1, 0.15) is 0 Å². The summed E-state index contributed by atoms with van der Waals surface area (Å²) in [5.41, 5.74) is 0.803. The predicted molar refractivity (Wildman–Crippen MR) is 60.5 cm³/mol. The molecule has 18 heavy (non-hydrogen) atoms. The van der Waals surface area contributed by atoms with Crippen molar-refractivity contribution in [1.82, 2.24) is 5.10 Å². The number of rotatable bonds is 3. The van der Waals surface area contributed by atoms with E-state index in [4.69, 9.17) is 4.74 Å². The van der Waals surface area contributed by atoms with Crippen LogP contribution in [0.4, 0.5) is 0 Å².